The highest BCUT2D eigenvalue weighted by Crippen LogP contribution is 2.33. The molecule has 7 heteroatoms. The first-order chi connectivity index (χ1) is 14.1. The van der Waals surface area contributed by atoms with E-state index in [0.29, 0.717) is 24.5 Å². The van der Waals surface area contributed by atoms with Gasteiger partial charge in [-0.1, -0.05) is 6.07 Å². The number of ether oxygens (including phenoxy) is 2. The number of benzene rings is 1. The highest BCUT2D eigenvalue weighted by atomic mass is 16.7. The minimum absolute atomic E-state index is 0.152. The zero-order valence-corrected chi connectivity index (χ0v) is 17.3. The van der Waals surface area contributed by atoms with Gasteiger partial charge < -0.3 is 24.2 Å². The van der Waals surface area contributed by atoms with Gasteiger partial charge in [-0.25, -0.2) is 0 Å². The molecule has 29 heavy (non-hydrogen) atoms. The maximum Gasteiger partial charge on any atom is 0.231 e. The number of hydrogen-bond donors (Lipinski definition) is 0. The zero-order valence-electron chi connectivity index (χ0n) is 17.3. The fourth-order valence-electron chi connectivity index (χ4n) is 4.41. The van der Waals surface area contributed by atoms with Crippen LogP contribution in [-0.4, -0.2) is 79.6 Å². The number of hydrogen-bond acceptors (Lipinski definition) is 5. The summed E-state index contributed by atoms with van der Waals surface area (Å²) >= 11 is 0. The lowest BCUT2D eigenvalue weighted by Crippen LogP contribution is -2.47. The van der Waals surface area contributed by atoms with E-state index in [0.717, 1.165) is 69.8 Å². The predicted molar refractivity (Wildman–Crippen MR) is 109 cm³/mol. The Bertz CT molecular complexity index is 746. The summed E-state index contributed by atoms with van der Waals surface area (Å²) in [5, 5.41) is 0. The van der Waals surface area contributed by atoms with Gasteiger partial charge >= 0.3 is 0 Å². The summed E-state index contributed by atoms with van der Waals surface area (Å²) in [7, 11) is 2.10. The molecule has 1 aromatic rings. The first-order valence-electron chi connectivity index (χ1n) is 10.7. The fraction of sp³-hybridized carbons (Fsp3) is 0.636. The minimum Gasteiger partial charge on any atom is -0.454 e. The molecule has 4 rings (SSSR count). The Hall–Kier alpha value is -2.28. The van der Waals surface area contributed by atoms with Crippen LogP contribution in [0.15, 0.2) is 18.2 Å². The van der Waals surface area contributed by atoms with Gasteiger partial charge in [-0.3, -0.25) is 9.59 Å². The molecule has 1 aromatic carbocycles. The molecule has 3 aliphatic heterocycles. The van der Waals surface area contributed by atoms with Crippen LogP contribution >= 0.6 is 0 Å². The van der Waals surface area contributed by atoms with Gasteiger partial charge in [-0.05, 0) is 49.9 Å². The van der Waals surface area contributed by atoms with Crippen molar-refractivity contribution in [2.45, 2.75) is 32.1 Å². The molecule has 0 radical (unpaired) electrons. The molecule has 0 spiro atoms. The van der Waals surface area contributed by atoms with Gasteiger partial charge in [0.2, 0.25) is 18.6 Å². The number of nitrogens with zero attached hydrogens (tertiary/aromatic N) is 3. The van der Waals surface area contributed by atoms with Crippen molar-refractivity contribution in [3.63, 3.8) is 0 Å². The number of rotatable bonds is 5. The van der Waals surface area contributed by atoms with E-state index in [1.165, 1.54) is 0 Å². The highest BCUT2D eigenvalue weighted by Gasteiger charge is 2.26. The quantitative estimate of drug-likeness (QED) is 0.752. The molecule has 0 aromatic heterocycles. The normalized spacial score (nSPS) is 22.0. The Morgan fingerprint density at radius 2 is 1.79 bits per heavy atom. The number of carbonyl (C=O) groups excluding carboxylic acids is 2. The summed E-state index contributed by atoms with van der Waals surface area (Å²) in [4.78, 5) is 31.5. The van der Waals surface area contributed by atoms with Crippen molar-refractivity contribution in [3.05, 3.63) is 23.8 Å². The topological polar surface area (TPSA) is 62.3 Å². The van der Waals surface area contributed by atoms with Gasteiger partial charge in [-0.15, -0.1) is 0 Å². The van der Waals surface area contributed by atoms with E-state index in [1.54, 1.807) is 0 Å². The predicted octanol–water partition coefficient (Wildman–Crippen LogP) is 1.75. The lowest BCUT2D eigenvalue weighted by atomic mass is 9.92. The Labute approximate surface area is 172 Å². The van der Waals surface area contributed by atoms with Gasteiger partial charge in [0, 0.05) is 45.7 Å². The molecular formula is C22H31N3O4. The van der Waals surface area contributed by atoms with E-state index < -0.39 is 0 Å². The van der Waals surface area contributed by atoms with Crippen molar-refractivity contribution >= 4 is 11.8 Å². The third kappa shape index (κ3) is 5.01. The Morgan fingerprint density at radius 3 is 2.62 bits per heavy atom. The van der Waals surface area contributed by atoms with Crippen LogP contribution in [0.4, 0.5) is 0 Å². The SMILES string of the molecule is CN1CCN(C(=O)CC[C@@H]2CCCN(C(=O)Cc3ccc4c(c3)OCO4)C2)CC1. The van der Waals surface area contributed by atoms with Crippen LogP contribution < -0.4 is 9.47 Å². The molecule has 0 aliphatic carbocycles. The first-order valence-corrected chi connectivity index (χ1v) is 10.7. The van der Waals surface area contributed by atoms with Gasteiger partial charge in [-0.2, -0.15) is 0 Å². The van der Waals surface area contributed by atoms with Gasteiger partial charge in [0.15, 0.2) is 11.5 Å². The number of fused-ring (bicyclic) bond motifs is 1. The number of piperazine rings is 1. The summed E-state index contributed by atoms with van der Waals surface area (Å²) in [5.41, 5.74) is 0.951. The molecule has 3 aliphatic rings. The summed E-state index contributed by atoms with van der Waals surface area (Å²) in [5.74, 6) is 2.29. The Kier molecular flexibility index (Phi) is 6.23. The largest absolute Gasteiger partial charge is 0.454 e. The van der Waals surface area contributed by atoms with Crippen molar-refractivity contribution in [2.24, 2.45) is 5.92 Å². The molecule has 0 saturated carbocycles. The number of carbonyl (C=O) groups is 2. The van der Waals surface area contributed by atoms with Gasteiger partial charge in [0.25, 0.3) is 0 Å². The molecule has 2 fully saturated rings. The van der Waals surface area contributed by atoms with Crippen LogP contribution in [-0.2, 0) is 16.0 Å². The second-order valence-electron chi connectivity index (χ2n) is 8.44. The van der Waals surface area contributed by atoms with Gasteiger partial charge in [0.1, 0.15) is 0 Å². The monoisotopic (exact) mass is 401 g/mol. The lowest BCUT2D eigenvalue weighted by molar-refractivity contribution is -0.133. The molecule has 1 atom stereocenters. The first kappa shape index (κ1) is 20.0. The van der Waals surface area contributed by atoms with Crippen molar-refractivity contribution in [2.75, 3.05) is 53.1 Å². The maximum absolute atomic E-state index is 12.8. The smallest absolute Gasteiger partial charge is 0.231 e. The molecule has 0 bridgehead atoms. The summed E-state index contributed by atoms with van der Waals surface area (Å²) in [6.07, 6.45) is 3.96. The van der Waals surface area contributed by atoms with Crippen LogP contribution in [0.2, 0.25) is 0 Å². The van der Waals surface area contributed by atoms with Crippen molar-refractivity contribution in [1.29, 1.82) is 0 Å². The molecule has 2 saturated heterocycles. The Balaban J connectivity index is 1.24. The van der Waals surface area contributed by atoms with E-state index in [9.17, 15) is 9.59 Å². The van der Waals surface area contributed by atoms with Gasteiger partial charge in [0.05, 0.1) is 6.42 Å². The standard InChI is InChI=1S/C22H31N3O4/c1-23-9-11-24(12-10-23)21(26)7-5-17-3-2-8-25(15-17)22(27)14-18-4-6-19-20(13-18)29-16-28-19/h4,6,13,17H,2-3,5,7-12,14-16H2,1H3/t17-/m0/s1. The van der Waals surface area contributed by atoms with E-state index in [2.05, 4.69) is 11.9 Å². The minimum atomic E-state index is 0.152. The number of piperidine rings is 1. The van der Waals surface area contributed by atoms with Crippen molar-refractivity contribution in [1.82, 2.24) is 14.7 Å². The van der Waals surface area contributed by atoms with E-state index >= 15 is 0 Å². The summed E-state index contributed by atoms with van der Waals surface area (Å²) in [6, 6.07) is 5.70. The lowest BCUT2D eigenvalue weighted by Gasteiger charge is -2.34. The van der Waals surface area contributed by atoms with Crippen LogP contribution in [0.1, 0.15) is 31.2 Å². The second-order valence-corrected chi connectivity index (χ2v) is 8.44. The third-order valence-corrected chi connectivity index (χ3v) is 6.29. The van der Waals surface area contributed by atoms with Crippen LogP contribution in [0.3, 0.4) is 0 Å². The van der Waals surface area contributed by atoms with E-state index in [4.69, 9.17) is 9.47 Å². The van der Waals surface area contributed by atoms with Crippen LogP contribution in [0, 0.1) is 5.92 Å². The number of amides is 2. The van der Waals surface area contributed by atoms with E-state index in [1.807, 2.05) is 28.0 Å². The average molecular weight is 402 g/mol. The zero-order chi connectivity index (χ0) is 20.2. The molecule has 0 N–H and O–H groups in total. The summed E-state index contributed by atoms with van der Waals surface area (Å²) in [6.45, 7) is 5.40. The molecular weight excluding hydrogens is 370 g/mol. The highest BCUT2D eigenvalue weighted by molar-refractivity contribution is 5.79. The number of likely N-dealkylation sites (N-methyl/N-ethyl adjacent to an activating group) is 1. The van der Waals surface area contributed by atoms with Crippen LogP contribution in [0.25, 0.3) is 0 Å². The molecule has 3 heterocycles. The van der Waals surface area contributed by atoms with Crippen LogP contribution in [0.5, 0.6) is 11.5 Å². The second kappa shape index (κ2) is 9.03. The molecule has 0 unspecified atom stereocenters. The molecule has 7 nitrogen and oxygen atoms in total. The fourth-order valence-corrected chi connectivity index (χ4v) is 4.41. The van der Waals surface area contributed by atoms with E-state index in [-0.39, 0.29) is 18.6 Å². The van der Waals surface area contributed by atoms with Crippen molar-refractivity contribution < 1.29 is 19.1 Å². The number of likely N-dealkylation sites (tertiary alicyclic amines) is 1. The molecule has 2 amide bonds. The average Bonchev–Trinajstić information content (AvgIpc) is 3.20. The Morgan fingerprint density at radius 1 is 1.00 bits per heavy atom. The van der Waals surface area contributed by atoms with Crippen molar-refractivity contribution in [3.8, 4) is 11.5 Å². The molecule has 158 valence electrons. The summed E-state index contributed by atoms with van der Waals surface area (Å²) < 4.78 is 10.7. The third-order valence-electron chi connectivity index (χ3n) is 6.29. The maximum atomic E-state index is 12.8.